The molecule has 17 heavy (non-hydrogen) atoms. The number of nitrogens with two attached hydrogens (primary N) is 1. The molecule has 0 saturated heterocycles. The Bertz CT molecular complexity index is 393. The predicted molar refractivity (Wildman–Crippen MR) is 62.2 cm³/mol. The van der Waals surface area contributed by atoms with E-state index in [1.165, 1.54) is 24.3 Å². The summed E-state index contributed by atoms with van der Waals surface area (Å²) in [4.78, 5) is 12.4. The fourth-order valence-corrected chi connectivity index (χ4v) is 2.28. The van der Waals surface area contributed by atoms with E-state index in [1.807, 2.05) is 6.92 Å². The van der Waals surface area contributed by atoms with Gasteiger partial charge in [-0.3, -0.25) is 0 Å². The first-order valence-electron chi connectivity index (χ1n) is 5.32. The van der Waals surface area contributed by atoms with Crippen molar-refractivity contribution in [2.24, 2.45) is 5.73 Å². The van der Waals surface area contributed by atoms with Gasteiger partial charge in [0.1, 0.15) is 6.04 Å². The third-order valence-electron chi connectivity index (χ3n) is 2.28. The highest BCUT2D eigenvalue weighted by Gasteiger charge is 2.48. The molecule has 1 rings (SSSR count). The van der Waals surface area contributed by atoms with Crippen LogP contribution in [-0.4, -0.2) is 18.5 Å². The van der Waals surface area contributed by atoms with Crippen LogP contribution >= 0.6 is 11.3 Å². The average Bonchev–Trinajstić information content (AvgIpc) is 2.76. The van der Waals surface area contributed by atoms with Crippen LogP contribution in [0.1, 0.15) is 29.6 Å². The van der Waals surface area contributed by atoms with E-state index in [0.717, 1.165) is 11.3 Å². The van der Waals surface area contributed by atoms with Crippen molar-refractivity contribution < 1.29 is 18.3 Å². The molecule has 6 heteroatoms. The first-order chi connectivity index (χ1) is 7.93. The number of carbonyl (C=O) groups excluding carboxylic acids is 1. The first-order valence-corrected chi connectivity index (χ1v) is 6.14. The van der Waals surface area contributed by atoms with Gasteiger partial charge in [0.15, 0.2) is 0 Å². The molecule has 0 unspecified atom stereocenters. The van der Waals surface area contributed by atoms with Gasteiger partial charge in [-0.05, 0) is 25.5 Å². The minimum atomic E-state index is -3.69. The van der Waals surface area contributed by atoms with Crippen LogP contribution in [0.3, 0.4) is 0 Å². The molecule has 96 valence electrons. The van der Waals surface area contributed by atoms with E-state index in [9.17, 15) is 13.6 Å². The molecule has 0 aliphatic rings. The molecule has 0 bridgehead atoms. The molecular weight excluding hydrogens is 248 g/mol. The van der Waals surface area contributed by atoms with Crippen molar-refractivity contribution >= 4 is 17.3 Å². The fraction of sp³-hybridized carbons (Fsp3) is 0.545. The summed E-state index contributed by atoms with van der Waals surface area (Å²) in [5.74, 6) is -5.26. The number of rotatable bonds is 5. The lowest BCUT2D eigenvalue weighted by molar-refractivity contribution is -0.174. The van der Waals surface area contributed by atoms with Crippen LogP contribution in [0.5, 0.6) is 0 Å². The quantitative estimate of drug-likeness (QED) is 0.830. The number of carbonyl (C=O) groups is 1. The summed E-state index contributed by atoms with van der Waals surface area (Å²) >= 11 is 1.19. The lowest BCUT2D eigenvalue weighted by Gasteiger charge is -2.20. The Morgan fingerprint density at radius 2 is 2.18 bits per heavy atom. The van der Waals surface area contributed by atoms with Crippen molar-refractivity contribution in [3.63, 3.8) is 0 Å². The summed E-state index contributed by atoms with van der Waals surface area (Å²) in [5, 5.41) is 0. The highest BCUT2D eigenvalue weighted by molar-refractivity contribution is 7.12. The maximum atomic E-state index is 13.6. The number of hydrogen-bond acceptors (Lipinski definition) is 4. The van der Waals surface area contributed by atoms with E-state index in [0.29, 0.717) is 4.88 Å². The van der Waals surface area contributed by atoms with Crippen LogP contribution in [0.15, 0.2) is 12.1 Å². The Kier molecular flexibility index (Phi) is 4.59. The summed E-state index contributed by atoms with van der Waals surface area (Å²) in [5.41, 5.74) is 5.43. The minimum absolute atomic E-state index is 0.0915. The zero-order chi connectivity index (χ0) is 13.1. The van der Waals surface area contributed by atoms with Crippen LogP contribution in [0.2, 0.25) is 0 Å². The van der Waals surface area contributed by atoms with E-state index in [2.05, 4.69) is 4.74 Å². The van der Waals surface area contributed by atoms with Gasteiger partial charge in [0.25, 0.3) is 0 Å². The summed E-state index contributed by atoms with van der Waals surface area (Å²) in [6, 6.07) is 1.62. The molecule has 2 N–H and O–H groups in total. The Labute approximate surface area is 103 Å². The van der Waals surface area contributed by atoms with E-state index < -0.39 is 17.9 Å². The molecule has 0 fully saturated rings. The predicted octanol–water partition coefficient (Wildman–Crippen LogP) is 2.51. The normalized spacial score (nSPS) is 13.5. The van der Waals surface area contributed by atoms with Gasteiger partial charge in [-0.1, -0.05) is 6.92 Å². The summed E-state index contributed by atoms with van der Waals surface area (Å²) in [6.45, 7) is 3.30. The Balaban J connectivity index is 2.87. The third kappa shape index (κ3) is 3.01. The van der Waals surface area contributed by atoms with Crippen molar-refractivity contribution in [2.45, 2.75) is 32.2 Å². The molecular formula is C11H15F2NO2S. The summed E-state index contributed by atoms with van der Waals surface area (Å²) < 4.78 is 31.5. The molecule has 1 heterocycles. The lowest BCUT2D eigenvalue weighted by atomic mass is 10.1. The van der Waals surface area contributed by atoms with E-state index in [1.54, 1.807) is 6.07 Å². The van der Waals surface area contributed by atoms with Crippen LogP contribution in [0.4, 0.5) is 8.78 Å². The summed E-state index contributed by atoms with van der Waals surface area (Å²) in [6.07, 6.45) is 0.752. The van der Waals surface area contributed by atoms with Crippen LogP contribution < -0.4 is 5.73 Å². The highest BCUT2D eigenvalue weighted by Crippen LogP contribution is 2.34. The van der Waals surface area contributed by atoms with Gasteiger partial charge < -0.3 is 10.5 Å². The smallest absolute Gasteiger partial charge is 0.379 e. The number of esters is 1. The zero-order valence-electron chi connectivity index (χ0n) is 9.70. The van der Waals surface area contributed by atoms with E-state index in [-0.39, 0.29) is 6.61 Å². The zero-order valence-corrected chi connectivity index (χ0v) is 10.5. The molecule has 1 aromatic heterocycles. The number of aryl methyl sites for hydroxylation is 1. The maximum absolute atomic E-state index is 13.6. The Morgan fingerprint density at radius 3 is 2.65 bits per heavy atom. The van der Waals surface area contributed by atoms with Crippen molar-refractivity contribution in [3.05, 3.63) is 21.9 Å². The SMILES string of the molecule is CCOC(=O)C(F)(F)[C@@H](N)c1ccc(CC)s1. The largest absolute Gasteiger partial charge is 0.462 e. The molecule has 0 radical (unpaired) electrons. The fourth-order valence-electron chi connectivity index (χ4n) is 1.28. The molecule has 0 amide bonds. The van der Waals surface area contributed by atoms with Crippen molar-refractivity contribution in [2.75, 3.05) is 6.61 Å². The van der Waals surface area contributed by atoms with Crippen LogP contribution in [0, 0.1) is 0 Å². The number of thiophene rings is 1. The Hall–Kier alpha value is -1.01. The molecule has 3 nitrogen and oxygen atoms in total. The van der Waals surface area contributed by atoms with Crippen LogP contribution in [-0.2, 0) is 16.0 Å². The second kappa shape index (κ2) is 5.55. The summed E-state index contributed by atoms with van der Waals surface area (Å²) in [7, 11) is 0. The van der Waals surface area contributed by atoms with Gasteiger partial charge in [-0.2, -0.15) is 8.78 Å². The van der Waals surface area contributed by atoms with E-state index >= 15 is 0 Å². The lowest BCUT2D eigenvalue weighted by Crippen LogP contribution is -2.41. The van der Waals surface area contributed by atoms with Gasteiger partial charge in [0, 0.05) is 9.75 Å². The molecule has 1 aromatic rings. The third-order valence-corrected chi connectivity index (χ3v) is 3.59. The number of hydrogen-bond donors (Lipinski definition) is 1. The molecule has 0 aliphatic carbocycles. The standard InChI is InChI=1S/C11H15F2NO2S/c1-3-7-5-6-8(17-7)9(14)11(12,13)10(15)16-4-2/h5-6,9H,3-4,14H2,1-2H3/t9-/m0/s1. The van der Waals surface area contributed by atoms with Gasteiger partial charge >= 0.3 is 11.9 Å². The Morgan fingerprint density at radius 1 is 1.53 bits per heavy atom. The van der Waals surface area contributed by atoms with Gasteiger partial charge in [-0.15, -0.1) is 11.3 Å². The highest BCUT2D eigenvalue weighted by atomic mass is 32.1. The molecule has 0 spiro atoms. The second-order valence-corrected chi connectivity index (χ2v) is 4.68. The maximum Gasteiger partial charge on any atom is 0.379 e. The number of ether oxygens (including phenoxy) is 1. The van der Waals surface area contributed by atoms with Gasteiger partial charge in [-0.25, -0.2) is 4.79 Å². The van der Waals surface area contributed by atoms with Crippen molar-refractivity contribution in [1.82, 2.24) is 0 Å². The van der Waals surface area contributed by atoms with E-state index in [4.69, 9.17) is 5.73 Å². The van der Waals surface area contributed by atoms with Gasteiger partial charge in [0.2, 0.25) is 0 Å². The molecule has 0 aromatic carbocycles. The number of halogens is 2. The topological polar surface area (TPSA) is 52.3 Å². The second-order valence-electron chi connectivity index (χ2n) is 3.48. The monoisotopic (exact) mass is 263 g/mol. The first kappa shape index (κ1) is 14.1. The van der Waals surface area contributed by atoms with Crippen molar-refractivity contribution in [3.8, 4) is 0 Å². The van der Waals surface area contributed by atoms with Gasteiger partial charge in [0.05, 0.1) is 6.61 Å². The minimum Gasteiger partial charge on any atom is -0.462 e. The number of alkyl halides is 2. The van der Waals surface area contributed by atoms with Crippen LogP contribution in [0.25, 0.3) is 0 Å². The average molecular weight is 263 g/mol. The molecule has 1 atom stereocenters. The molecule has 0 aliphatic heterocycles. The molecule has 0 saturated carbocycles. The van der Waals surface area contributed by atoms with Crippen molar-refractivity contribution in [1.29, 1.82) is 0 Å².